The third kappa shape index (κ3) is 4.43. The molecule has 1 rings (SSSR count). The van der Waals surface area contributed by atoms with Crippen molar-refractivity contribution in [1.82, 2.24) is 0 Å². The van der Waals surface area contributed by atoms with Gasteiger partial charge in [-0.25, -0.2) is 4.79 Å². The molecule has 1 aromatic carbocycles. The minimum Gasteiger partial charge on any atom is -0.351 e. The first-order valence-corrected chi connectivity index (χ1v) is 5.12. The van der Waals surface area contributed by atoms with Crippen molar-refractivity contribution < 1.29 is 4.79 Å². The number of hydrogen-bond donors (Lipinski definition) is 3. The molecule has 0 atom stereocenters. The van der Waals surface area contributed by atoms with Gasteiger partial charge in [-0.15, -0.1) is 0 Å². The van der Waals surface area contributed by atoms with Crippen molar-refractivity contribution in [2.75, 3.05) is 11.1 Å². The average molecular weight is 220 g/mol. The van der Waals surface area contributed by atoms with Crippen LogP contribution < -0.4 is 11.1 Å². The average Bonchev–Trinajstić information content (AvgIpc) is 2.20. The molecule has 0 bridgehead atoms. The molecule has 0 aliphatic carbocycles. The predicted octanol–water partition coefficient (Wildman–Crippen LogP) is 1.85. The fraction of sp³-hybridized carbons (Fsp3) is 0.182. The van der Waals surface area contributed by atoms with Crippen LogP contribution in [-0.2, 0) is 0 Å². The molecule has 0 radical (unpaired) electrons. The summed E-state index contributed by atoms with van der Waals surface area (Å²) in [5.41, 5.74) is 6.55. The number of anilines is 1. The molecular weight excluding hydrogens is 208 g/mol. The number of primary amides is 1. The van der Waals surface area contributed by atoms with Crippen molar-refractivity contribution in [1.29, 1.82) is 0 Å². The molecule has 0 unspecified atom stereocenters. The molecule has 15 heavy (non-hydrogen) atoms. The Morgan fingerprint density at radius 3 is 2.60 bits per heavy atom. The monoisotopic (exact) mass is 220 g/mol. The minimum atomic E-state index is -0.566. The smallest absolute Gasteiger partial charge is 0.316 e. The maximum Gasteiger partial charge on any atom is 0.316 e. The quantitative estimate of drug-likeness (QED) is 0.517. The molecule has 1 aromatic rings. The number of carbonyl (C=O) groups is 1. The summed E-state index contributed by atoms with van der Waals surface area (Å²) in [6.07, 6.45) is 0.768. The SMILES string of the molecule is NC(=O)Nc1ccc(C#CCCS)cc1. The summed E-state index contributed by atoms with van der Waals surface area (Å²) < 4.78 is 0. The largest absolute Gasteiger partial charge is 0.351 e. The number of rotatable bonds is 2. The van der Waals surface area contributed by atoms with Gasteiger partial charge in [0, 0.05) is 23.4 Å². The van der Waals surface area contributed by atoms with Crippen LogP contribution in [0.1, 0.15) is 12.0 Å². The molecule has 0 fully saturated rings. The summed E-state index contributed by atoms with van der Waals surface area (Å²) in [5, 5.41) is 2.48. The molecule has 0 aromatic heterocycles. The lowest BCUT2D eigenvalue weighted by Crippen LogP contribution is -2.19. The molecule has 4 heteroatoms. The normalized spacial score (nSPS) is 8.87. The van der Waals surface area contributed by atoms with Gasteiger partial charge in [0.05, 0.1) is 0 Å². The van der Waals surface area contributed by atoms with Crippen LogP contribution in [0.5, 0.6) is 0 Å². The Morgan fingerprint density at radius 1 is 1.40 bits per heavy atom. The van der Waals surface area contributed by atoms with Crippen molar-refractivity contribution in [3.05, 3.63) is 29.8 Å². The van der Waals surface area contributed by atoms with Crippen LogP contribution in [0.4, 0.5) is 10.5 Å². The summed E-state index contributed by atoms with van der Waals surface area (Å²) in [6, 6.07) is 6.61. The number of amides is 2. The van der Waals surface area contributed by atoms with Gasteiger partial charge in [-0.3, -0.25) is 0 Å². The number of carbonyl (C=O) groups excluding carboxylic acids is 1. The van der Waals surface area contributed by atoms with E-state index in [4.69, 9.17) is 5.73 Å². The van der Waals surface area contributed by atoms with Gasteiger partial charge in [-0.1, -0.05) is 11.8 Å². The summed E-state index contributed by atoms with van der Waals surface area (Å²) in [5.74, 6) is 6.71. The molecule has 2 amide bonds. The first-order chi connectivity index (χ1) is 7.22. The van der Waals surface area contributed by atoms with E-state index in [9.17, 15) is 4.79 Å². The summed E-state index contributed by atoms with van der Waals surface area (Å²) in [7, 11) is 0. The van der Waals surface area contributed by atoms with Crippen LogP contribution in [0.3, 0.4) is 0 Å². The van der Waals surface area contributed by atoms with Crippen molar-refractivity contribution in [3.63, 3.8) is 0 Å². The van der Waals surface area contributed by atoms with Crippen molar-refractivity contribution >= 4 is 24.3 Å². The van der Waals surface area contributed by atoms with E-state index in [0.717, 1.165) is 17.7 Å². The highest BCUT2D eigenvalue weighted by Crippen LogP contribution is 2.08. The second-order valence-corrected chi connectivity index (χ2v) is 3.29. The summed E-state index contributed by atoms with van der Waals surface area (Å²) in [6.45, 7) is 0. The molecular formula is C11H12N2OS. The van der Waals surface area contributed by atoms with E-state index in [0.29, 0.717) is 5.69 Å². The molecule has 78 valence electrons. The minimum absolute atomic E-state index is 0.566. The molecule has 0 saturated carbocycles. The Labute approximate surface area is 94.5 Å². The van der Waals surface area contributed by atoms with Crippen LogP contribution in [0, 0.1) is 11.8 Å². The van der Waals surface area contributed by atoms with Gasteiger partial charge in [0.15, 0.2) is 0 Å². The van der Waals surface area contributed by atoms with Gasteiger partial charge in [0.25, 0.3) is 0 Å². The molecule has 0 aliphatic rings. The highest BCUT2D eigenvalue weighted by atomic mass is 32.1. The number of urea groups is 1. The highest BCUT2D eigenvalue weighted by Gasteiger charge is 1.94. The maximum absolute atomic E-state index is 10.5. The van der Waals surface area contributed by atoms with Crippen molar-refractivity contribution in [2.24, 2.45) is 5.73 Å². The van der Waals surface area contributed by atoms with Crippen LogP contribution in [-0.4, -0.2) is 11.8 Å². The van der Waals surface area contributed by atoms with Crippen molar-refractivity contribution in [2.45, 2.75) is 6.42 Å². The lowest BCUT2D eigenvalue weighted by atomic mass is 10.2. The zero-order valence-electron chi connectivity index (χ0n) is 8.16. The van der Waals surface area contributed by atoms with E-state index < -0.39 is 6.03 Å². The van der Waals surface area contributed by atoms with Gasteiger partial charge < -0.3 is 11.1 Å². The van der Waals surface area contributed by atoms with E-state index in [1.165, 1.54) is 0 Å². The Balaban J connectivity index is 2.65. The van der Waals surface area contributed by atoms with Gasteiger partial charge in [0.2, 0.25) is 0 Å². The van der Waals surface area contributed by atoms with Gasteiger partial charge in [-0.05, 0) is 24.3 Å². The zero-order chi connectivity index (χ0) is 11.1. The summed E-state index contributed by atoms with van der Waals surface area (Å²) >= 11 is 4.06. The predicted molar refractivity (Wildman–Crippen MR) is 65.0 cm³/mol. The molecule has 3 nitrogen and oxygen atoms in total. The van der Waals surface area contributed by atoms with Crippen LogP contribution in [0.2, 0.25) is 0 Å². The van der Waals surface area contributed by atoms with E-state index >= 15 is 0 Å². The maximum atomic E-state index is 10.5. The standard InChI is InChI=1S/C11H12N2OS/c12-11(14)13-10-6-4-9(5-7-10)3-1-2-8-15/h4-7,15H,2,8H2,(H3,12,13,14). The van der Waals surface area contributed by atoms with E-state index in [1.54, 1.807) is 12.1 Å². The Kier molecular flexibility index (Phi) is 4.58. The molecule has 0 saturated heterocycles. The van der Waals surface area contributed by atoms with Crippen LogP contribution >= 0.6 is 12.6 Å². The Hall–Kier alpha value is -1.60. The number of benzene rings is 1. The molecule has 0 aliphatic heterocycles. The van der Waals surface area contributed by atoms with E-state index in [-0.39, 0.29) is 0 Å². The van der Waals surface area contributed by atoms with Crippen molar-refractivity contribution in [3.8, 4) is 11.8 Å². The molecule has 0 heterocycles. The lowest BCUT2D eigenvalue weighted by molar-refractivity contribution is 0.259. The Bertz CT molecular complexity index is 389. The first kappa shape index (κ1) is 11.5. The van der Waals surface area contributed by atoms with Crippen LogP contribution in [0.25, 0.3) is 0 Å². The first-order valence-electron chi connectivity index (χ1n) is 4.48. The second kappa shape index (κ2) is 5.99. The number of hydrogen-bond acceptors (Lipinski definition) is 2. The third-order valence-corrected chi connectivity index (χ3v) is 1.85. The third-order valence-electron chi connectivity index (χ3n) is 1.62. The highest BCUT2D eigenvalue weighted by molar-refractivity contribution is 7.80. The van der Waals surface area contributed by atoms with Gasteiger partial charge in [-0.2, -0.15) is 12.6 Å². The summed E-state index contributed by atoms with van der Waals surface area (Å²) in [4.78, 5) is 10.5. The van der Waals surface area contributed by atoms with Gasteiger partial charge >= 0.3 is 6.03 Å². The van der Waals surface area contributed by atoms with Crippen LogP contribution in [0.15, 0.2) is 24.3 Å². The molecule has 3 N–H and O–H groups in total. The number of nitrogens with two attached hydrogens (primary N) is 1. The fourth-order valence-corrected chi connectivity index (χ4v) is 1.11. The topological polar surface area (TPSA) is 55.1 Å². The van der Waals surface area contributed by atoms with E-state index in [1.807, 2.05) is 12.1 Å². The lowest BCUT2D eigenvalue weighted by Gasteiger charge is -2.00. The molecule has 0 spiro atoms. The Morgan fingerprint density at radius 2 is 2.07 bits per heavy atom. The van der Waals surface area contributed by atoms with Gasteiger partial charge in [0.1, 0.15) is 0 Å². The number of nitrogens with one attached hydrogen (secondary N) is 1. The zero-order valence-corrected chi connectivity index (χ0v) is 9.05. The second-order valence-electron chi connectivity index (χ2n) is 2.84. The fourth-order valence-electron chi connectivity index (χ4n) is 1.000. The number of thiol groups is 1. The van der Waals surface area contributed by atoms with E-state index in [2.05, 4.69) is 29.8 Å².